The molecule has 1 aliphatic heterocycles. The highest BCUT2D eigenvalue weighted by Crippen LogP contribution is 2.33. The fourth-order valence-corrected chi connectivity index (χ4v) is 3.02. The zero-order valence-electron chi connectivity index (χ0n) is 10.3. The van der Waals surface area contributed by atoms with Crippen molar-refractivity contribution >= 4 is 23.2 Å². The average Bonchev–Trinajstić information content (AvgIpc) is 2.76. The monoisotopic (exact) mass is 289 g/mol. The molecule has 0 bridgehead atoms. The molecule has 0 aliphatic carbocycles. The van der Waals surface area contributed by atoms with E-state index in [0.29, 0.717) is 21.7 Å². The summed E-state index contributed by atoms with van der Waals surface area (Å²) < 4.78 is 5.33. The molecule has 0 spiro atoms. The maximum atomic E-state index is 9.15. The summed E-state index contributed by atoms with van der Waals surface area (Å²) in [5.41, 5.74) is 0.994. The molecule has 0 radical (unpaired) electrons. The molecule has 1 aromatic carbocycles. The van der Waals surface area contributed by atoms with Crippen LogP contribution in [0, 0.1) is 5.92 Å². The molecule has 1 saturated heterocycles. The van der Waals surface area contributed by atoms with E-state index in [-0.39, 0.29) is 6.61 Å². The number of ether oxygens (including phenoxy) is 1. The summed E-state index contributed by atoms with van der Waals surface area (Å²) >= 11 is 12.1. The first-order valence-electron chi connectivity index (χ1n) is 5.99. The standard InChI is InChI=1S/C13H17Cl2NO2/c1-18-13-10(4-11(14)5-12(13)15)7-16-3-2-9(6-16)8-17/h4-5,9,17H,2-3,6-8H2,1H3. The summed E-state index contributed by atoms with van der Waals surface area (Å²) in [6.45, 7) is 2.90. The maximum absolute atomic E-state index is 9.15. The third kappa shape index (κ3) is 3.09. The number of aliphatic hydroxyl groups excluding tert-OH is 1. The van der Waals surface area contributed by atoms with Crippen molar-refractivity contribution in [1.29, 1.82) is 0 Å². The predicted octanol–water partition coefficient (Wildman–Crippen LogP) is 2.82. The average molecular weight is 290 g/mol. The van der Waals surface area contributed by atoms with Crippen LogP contribution in [0.25, 0.3) is 0 Å². The molecular weight excluding hydrogens is 273 g/mol. The predicted molar refractivity (Wildman–Crippen MR) is 73.5 cm³/mol. The van der Waals surface area contributed by atoms with Gasteiger partial charge in [0.05, 0.1) is 12.1 Å². The Bertz CT molecular complexity index is 426. The zero-order valence-corrected chi connectivity index (χ0v) is 11.8. The van der Waals surface area contributed by atoms with Crippen molar-refractivity contribution in [1.82, 2.24) is 4.90 Å². The van der Waals surface area contributed by atoms with Gasteiger partial charge in [0.2, 0.25) is 0 Å². The molecule has 1 aromatic rings. The number of hydrogen-bond donors (Lipinski definition) is 1. The summed E-state index contributed by atoms with van der Waals surface area (Å²) in [5, 5.41) is 10.3. The molecule has 0 amide bonds. The van der Waals surface area contributed by atoms with E-state index in [9.17, 15) is 0 Å². The van der Waals surface area contributed by atoms with Gasteiger partial charge in [0.25, 0.3) is 0 Å². The lowest BCUT2D eigenvalue weighted by molar-refractivity contribution is 0.219. The molecule has 3 nitrogen and oxygen atoms in total. The molecule has 1 N–H and O–H groups in total. The molecule has 18 heavy (non-hydrogen) atoms. The topological polar surface area (TPSA) is 32.7 Å². The summed E-state index contributed by atoms with van der Waals surface area (Å²) in [6, 6.07) is 3.57. The number of benzene rings is 1. The zero-order chi connectivity index (χ0) is 13.1. The Kier molecular flexibility index (Phi) is 4.73. The molecule has 100 valence electrons. The molecule has 0 aromatic heterocycles. The van der Waals surface area contributed by atoms with E-state index in [4.69, 9.17) is 33.0 Å². The van der Waals surface area contributed by atoms with Gasteiger partial charge in [-0.2, -0.15) is 0 Å². The van der Waals surface area contributed by atoms with Gasteiger partial charge in [-0.3, -0.25) is 4.90 Å². The van der Waals surface area contributed by atoms with E-state index in [1.54, 1.807) is 13.2 Å². The normalized spacial score (nSPS) is 20.3. The van der Waals surface area contributed by atoms with Crippen LogP contribution < -0.4 is 4.74 Å². The van der Waals surface area contributed by atoms with Gasteiger partial charge in [0.15, 0.2) is 0 Å². The summed E-state index contributed by atoms with van der Waals surface area (Å²) in [7, 11) is 1.61. The van der Waals surface area contributed by atoms with Crippen LogP contribution in [0.4, 0.5) is 0 Å². The third-order valence-corrected chi connectivity index (χ3v) is 3.81. The van der Waals surface area contributed by atoms with Crippen molar-refractivity contribution in [2.75, 3.05) is 26.8 Å². The number of aliphatic hydroxyl groups is 1. The lowest BCUT2D eigenvalue weighted by Gasteiger charge is -2.18. The van der Waals surface area contributed by atoms with E-state index >= 15 is 0 Å². The lowest BCUT2D eigenvalue weighted by atomic mass is 10.1. The van der Waals surface area contributed by atoms with Gasteiger partial charge >= 0.3 is 0 Å². The Morgan fingerprint density at radius 3 is 2.83 bits per heavy atom. The van der Waals surface area contributed by atoms with Gasteiger partial charge in [0.1, 0.15) is 5.75 Å². The van der Waals surface area contributed by atoms with Crippen molar-refractivity contribution in [2.45, 2.75) is 13.0 Å². The highest BCUT2D eigenvalue weighted by Gasteiger charge is 2.23. The van der Waals surface area contributed by atoms with E-state index in [0.717, 1.165) is 31.6 Å². The number of hydrogen-bond acceptors (Lipinski definition) is 3. The number of likely N-dealkylation sites (tertiary alicyclic amines) is 1. The first-order chi connectivity index (χ1) is 8.63. The molecule has 1 aliphatic rings. The largest absolute Gasteiger partial charge is 0.495 e. The second-order valence-corrected chi connectivity index (χ2v) is 5.50. The highest BCUT2D eigenvalue weighted by atomic mass is 35.5. The first-order valence-corrected chi connectivity index (χ1v) is 6.74. The Hall–Kier alpha value is -0.480. The van der Waals surface area contributed by atoms with Crippen molar-refractivity contribution in [3.63, 3.8) is 0 Å². The fourth-order valence-electron chi connectivity index (χ4n) is 2.41. The van der Waals surface area contributed by atoms with E-state index in [1.165, 1.54) is 0 Å². The molecule has 1 atom stereocenters. The molecule has 1 fully saturated rings. The Balaban J connectivity index is 2.13. The fraction of sp³-hybridized carbons (Fsp3) is 0.538. The van der Waals surface area contributed by atoms with Crippen LogP contribution in [0.2, 0.25) is 10.0 Å². The summed E-state index contributed by atoms with van der Waals surface area (Å²) in [6.07, 6.45) is 1.03. The summed E-state index contributed by atoms with van der Waals surface area (Å²) in [5.74, 6) is 1.07. The number of methoxy groups -OCH3 is 1. The van der Waals surface area contributed by atoms with Gasteiger partial charge in [-0.15, -0.1) is 0 Å². The smallest absolute Gasteiger partial charge is 0.142 e. The van der Waals surface area contributed by atoms with Crippen LogP contribution >= 0.6 is 23.2 Å². The van der Waals surface area contributed by atoms with Gasteiger partial charge < -0.3 is 9.84 Å². The van der Waals surface area contributed by atoms with Gasteiger partial charge in [-0.05, 0) is 31.0 Å². The van der Waals surface area contributed by atoms with Crippen LogP contribution in [0.5, 0.6) is 5.75 Å². The quantitative estimate of drug-likeness (QED) is 0.925. The minimum Gasteiger partial charge on any atom is -0.495 e. The molecule has 2 rings (SSSR count). The Labute approximate surface area is 117 Å². The summed E-state index contributed by atoms with van der Waals surface area (Å²) in [4.78, 5) is 2.28. The number of rotatable bonds is 4. The molecule has 0 saturated carbocycles. The Morgan fingerprint density at radius 2 is 2.22 bits per heavy atom. The molecular formula is C13H17Cl2NO2. The van der Waals surface area contributed by atoms with Gasteiger partial charge in [-0.1, -0.05) is 23.2 Å². The van der Waals surface area contributed by atoms with Crippen LogP contribution in [-0.2, 0) is 6.54 Å². The minimum absolute atomic E-state index is 0.254. The third-order valence-electron chi connectivity index (χ3n) is 3.31. The number of halogens is 2. The molecule has 5 heteroatoms. The molecule has 1 heterocycles. The second-order valence-electron chi connectivity index (χ2n) is 4.65. The maximum Gasteiger partial charge on any atom is 0.142 e. The van der Waals surface area contributed by atoms with E-state index in [1.807, 2.05) is 6.07 Å². The van der Waals surface area contributed by atoms with Gasteiger partial charge in [0, 0.05) is 30.3 Å². The first kappa shape index (κ1) is 13.9. The van der Waals surface area contributed by atoms with Gasteiger partial charge in [-0.25, -0.2) is 0 Å². The van der Waals surface area contributed by atoms with Crippen LogP contribution in [0.15, 0.2) is 12.1 Å². The van der Waals surface area contributed by atoms with Crippen LogP contribution in [-0.4, -0.2) is 36.8 Å². The SMILES string of the molecule is COc1c(Cl)cc(Cl)cc1CN1CCC(CO)C1. The number of nitrogens with zero attached hydrogens (tertiary/aromatic N) is 1. The van der Waals surface area contributed by atoms with Crippen LogP contribution in [0.3, 0.4) is 0 Å². The highest BCUT2D eigenvalue weighted by molar-refractivity contribution is 6.35. The van der Waals surface area contributed by atoms with Crippen LogP contribution in [0.1, 0.15) is 12.0 Å². The lowest BCUT2D eigenvalue weighted by Crippen LogP contribution is -2.21. The van der Waals surface area contributed by atoms with Crippen molar-refractivity contribution < 1.29 is 9.84 Å². The minimum atomic E-state index is 0.254. The van der Waals surface area contributed by atoms with Crippen molar-refractivity contribution in [3.05, 3.63) is 27.7 Å². The van der Waals surface area contributed by atoms with Crippen molar-refractivity contribution in [2.24, 2.45) is 5.92 Å². The van der Waals surface area contributed by atoms with E-state index < -0.39 is 0 Å². The van der Waals surface area contributed by atoms with Crippen molar-refractivity contribution in [3.8, 4) is 5.75 Å². The molecule has 1 unspecified atom stereocenters. The van der Waals surface area contributed by atoms with E-state index in [2.05, 4.69) is 4.90 Å². The second kappa shape index (κ2) is 6.11. The Morgan fingerprint density at radius 1 is 1.44 bits per heavy atom.